The summed E-state index contributed by atoms with van der Waals surface area (Å²) in [7, 11) is 1.27. The first-order valence-electron chi connectivity index (χ1n) is 11.8. The third-order valence-electron chi connectivity index (χ3n) is 5.77. The number of aromatic nitrogens is 2. The Morgan fingerprint density at radius 2 is 2.10 bits per heavy atom. The Morgan fingerprint density at radius 1 is 1.37 bits per heavy atom. The van der Waals surface area contributed by atoms with E-state index in [1.54, 1.807) is 18.4 Å². The molecule has 2 aromatic heterocycles. The minimum Gasteiger partial charge on any atom is -0.492 e. The van der Waals surface area contributed by atoms with E-state index in [0.717, 1.165) is 35.3 Å². The summed E-state index contributed by atoms with van der Waals surface area (Å²) in [5, 5.41) is -0.132. The van der Waals surface area contributed by atoms with E-state index < -0.39 is 46.9 Å². The van der Waals surface area contributed by atoms with Crippen molar-refractivity contribution in [1.29, 1.82) is 0 Å². The fraction of sp³-hybridized carbons (Fsp3) is 0.524. The minimum atomic E-state index is -2.36. The van der Waals surface area contributed by atoms with Crippen molar-refractivity contribution in [2.75, 3.05) is 25.0 Å². The highest BCUT2D eigenvalue weighted by Gasteiger charge is 2.37. The number of methoxy groups -OCH3 is 1. The lowest BCUT2D eigenvalue weighted by Gasteiger charge is -2.28. The lowest BCUT2D eigenvalue weighted by molar-refractivity contribution is 0.348. The Balaban J connectivity index is 1.91. The summed E-state index contributed by atoms with van der Waals surface area (Å²) in [6.45, 7) is -1.44. The number of fused-ring (bicyclic) bond motifs is 2. The maximum absolute atomic E-state index is 15.8. The van der Waals surface area contributed by atoms with Crippen LogP contribution in [0.25, 0.3) is 21.1 Å². The van der Waals surface area contributed by atoms with Gasteiger partial charge in [-0.1, -0.05) is 0 Å². The molecule has 1 unspecified atom stereocenters. The van der Waals surface area contributed by atoms with Crippen LogP contribution in [0.5, 0.6) is 5.75 Å². The lowest BCUT2D eigenvalue weighted by atomic mass is 9.88. The van der Waals surface area contributed by atoms with Crippen LogP contribution in [0.4, 0.5) is 10.1 Å². The van der Waals surface area contributed by atoms with Crippen LogP contribution < -0.4 is 26.4 Å². The van der Waals surface area contributed by atoms with Gasteiger partial charge in [-0.3, -0.25) is 14.0 Å². The van der Waals surface area contributed by atoms with Crippen LogP contribution >= 0.6 is 11.5 Å². The van der Waals surface area contributed by atoms with Crippen molar-refractivity contribution in [3.8, 4) is 5.75 Å². The molecule has 3 aromatic rings. The van der Waals surface area contributed by atoms with Gasteiger partial charge >= 0.3 is 0 Å². The van der Waals surface area contributed by atoms with E-state index in [4.69, 9.17) is 16.0 Å². The summed E-state index contributed by atoms with van der Waals surface area (Å²) in [6.07, 6.45) is 1.30. The van der Waals surface area contributed by atoms with Gasteiger partial charge in [0.05, 0.1) is 18.0 Å². The topological polar surface area (TPSA) is 93.4 Å². The molecule has 30 heavy (non-hydrogen) atoms. The highest BCUT2D eigenvalue weighted by Crippen LogP contribution is 2.46. The second kappa shape index (κ2) is 6.55. The van der Waals surface area contributed by atoms with E-state index >= 15 is 4.39 Å². The average Bonchev–Trinajstić information content (AvgIpc) is 3.44. The molecule has 1 aliphatic carbocycles. The maximum atomic E-state index is 15.8. The first-order chi connectivity index (χ1) is 15.7. The third kappa shape index (κ3) is 2.79. The average molecular weight is 437 g/mol. The largest absolute Gasteiger partial charge is 0.492 e. The number of rotatable bonds is 4. The van der Waals surface area contributed by atoms with Crippen molar-refractivity contribution in [2.24, 2.45) is 11.7 Å². The van der Waals surface area contributed by atoms with Crippen molar-refractivity contribution in [2.45, 2.75) is 44.7 Å². The van der Waals surface area contributed by atoms with Crippen molar-refractivity contribution in [3.63, 3.8) is 0 Å². The van der Waals surface area contributed by atoms with Gasteiger partial charge in [-0.05, 0) is 56.6 Å². The van der Waals surface area contributed by atoms with Crippen LogP contribution in [0.3, 0.4) is 0 Å². The number of hydrogen-bond acceptors (Lipinski definition) is 6. The molecule has 1 aliphatic heterocycles. The summed E-state index contributed by atoms with van der Waals surface area (Å²) in [5.74, 6) is -2.12. The van der Waals surface area contributed by atoms with E-state index in [-0.39, 0.29) is 34.5 Å². The number of ether oxygens (including phenoxy) is 1. The molecule has 0 amide bonds. The third-order valence-corrected chi connectivity index (χ3v) is 6.65. The standard InChI is InChI=1S/C21H25FN4O3S/c1-21(2,23)10-6-7-25(9-10)16-13(22)8-12-15(18(16)29-3)26(11-4-5-11)20-14(17(12)27)19(28)24-30-20/h8,10-11H,4-7,9,23H2,1-3H3,(H,24,28)/i7D2,9D2. The molecule has 1 saturated heterocycles. The molecule has 0 bridgehead atoms. The Hall–Kier alpha value is -2.39. The molecule has 9 heteroatoms. The molecule has 7 nitrogen and oxygen atoms in total. The van der Waals surface area contributed by atoms with E-state index in [0.29, 0.717) is 4.83 Å². The van der Waals surface area contributed by atoms with Gasteiger partial charge in [0.1, 0.15) is 15.9 Å². The smallest absolute Gasteiger partial charge is 0.271 e. The second-order valence-electron chi connectivity index (χ2n) is 8.48. The number of nitrogens with two attached hydrogens (primary N) is 1. The fourth-order valence-electron chi connectivity index (χ4n) is 4.00. The molecule has 3 N–H and O–H groups in total. The predicted octanol–water partition coefficient (Wildman–Crippen LogP) is 2.95. The zero-order valence-electron chi connectivity index (χ0n) is 20.8. The van der Waals surface area contributed by atoms with E-state index in [1.165, 1.54) is 7.11 Å². The van der Waals surface area contributed by atoms with Crippen LogP contribution in [0.1, 0.15) is 44.6 Å². The first-order valence-corrected chi connectivity index (χ1v) is 10.6. The number of benzene rings is 1. The van der Waals surface area contributed by atoms with E-state index in [2.05, 4.69) is 4.37 Å². The molecular weight excluding hydrogens is 407 g/mol. The first kappa shape index (κ1) is 15.4. The zero-order chi connectivity index (χ0) is 25.0. The Kier molecular flexibility index (Phi) is 3.37. The SMILES string of the molecule is [2H]C1([2H])CC(C(C)(C)N)C([2H])([2H])N1c1c(F)cc2c(=O)c3c(=O)[nH]sc3n(C3CC3)c2c1OC. The molecule has 160 valence electrons. The van der Waals surface area contributed by atoms with Crippen molar-refractivity contribution in [3.05, 3.63) is 32.5 Å². The van der Waals surface area contributed by atoms with Gasteiger partial charge < -0.3 is 19.9 Å². The molecule has 1 atom stereocenters. The molecule has 0 radical (unpaired) electrons. The number of halogens is 1. The number of pyridine rings is 1. The molecule has 1 saturated carbocycles. The molecule has 1 aromatic carbocycles. The van der Waals surface area contributed by atoms with E-state index in [9.17, 15) is 9.59 Å². The summed E-state index contributed by atoms with van der Waals surface area (Å²) in [4.78, 5) is 26.7. The Bertz CT molecular complexity index is 1450. The summed E-state index contributed by atoms with van der Waals surface area (Å²) in [6, 6.07) is 0.907. The van der Waals surface area contributed by atoms with Gasteiger partial charge in [0.15, 0.2) is 11.6 Å². The molecule has 2 aliphatic rings. The van der Waals surface area contributed by atoms with E-state index in [1.807, 2.05) is 0 Å². The van der Waals surface area contributed by atoms with Crippen LogP contribution in [-0.4, -0.2) is 34.6 Å². The number of hydrogen-bond donors (Lipinski definition) is 2. The van der Waals surface area contributed by atoms with Gasteiger partial charge in [0.2, 0.25) is 5.43 Å². The van der Waals surface area contributed by atoms with Crippen molar-refractivity contribution in [1.82, 2.24) is 8.94 Å². The van der Waals surface area contributed by atoms with Crippen LogP contribution in [0.15, 0.2) is 15.7 Å². The van der Waals surface area contributed by atoms with Gasteiger partial charge in [0, 0.05) is 30.1 Å². The monoisotopic (exact) mass is 436 g/mol. The fourth-order valence-corrected chi connectivity index (χ4v) is 4.92. The molecule has 2 fully saturated rings. The van der Waals surface area contributed by atoms with Crippen molar-refractivity contribution < 1.29 is 14.6 Å². The maximum Gasteiger partial charge on any atom is 0.271 e. The van der Waals surface area contributed by atoms with Crippen LogP contribution in [0.2, 0.25) is 0 Å². The Morgan fingerprint density at radius 3 is 2.70 bits per heavy atom. The highest BCUT2D eigenvalue weighted by atomic mass is 32.1. The van der Waals surface area contributed by atoms with Crippen LogP contribution in [-0.2, 0) is 0 Å². The number of anilines is 1. The van der Waals surface area contributed by atoms with Gasteiger partial charge in [-0.25, -0.2) is 4.39 Å². The quantitative estimate of drug-likeness (QED) is 0.656. The van der Waals surface area contributed by atoms with Gasteiger partial charge in [-0.15, -0.1) is 0 Å². The minimum absolute atomic E-state index is 0.0490. The van der Waals surface area contributed by atoms with Crippen LogP contribution in [0, 0.1) is 11.7 Å². The summed E-state index contributed by atoms with van der Waals surface area (Å²) < 4.78 is 60.5. The van der Waals surface area contributed by atoms with Crippen molar-refractivity contribution >= 4 is 38.3 Å². The number of nitrogens with zero attached hydrogens (tertiary/aromatic N) is 2. The molecule has 5 rings (SSSR count). The zero-order valence-corrected chi connectivity index (χ0v) is 17.7. The molecule has 3 heterocycles. The second-order valence-corrected chi connectivity index (χ2v) is 9.28. The predicted molar refractivity (Wildman–Crippen MR) is 118 cm³/mol. The Labute approximate surface area is 182 Å². The number of H-pyrrole nitrogens is 1. The lowest BCUT2D eigenvalue weighted by Crippen LogP contribution is -2.42. The summed E-state index contributed by atoms with van der Waals surface area (Å²) >= 11 is 1.00. The summed E-state index contributed by atoms with van der Waals surface area (Å²) in [5.41, 5.74) is 3.71. The van der Waals surface area contributed by atoms with Gasteiger partial charge in [-0.2, -0.15) is 0 Å². The van der Waals surface area contributed by atoms with Gasteiger partial charge in [0.25, 0.3) is 5.56 Å². The highest BCUT2D eigenvalue weighted by molar-refractivity contribution is 7.12. The normalized spacial score (nSPS) is 25.2. The number of aromatic amines is 1. The molecule has 0 spiro atoms. The number of nitrogens with one attached hydrogen (secondary N) is 1. The molecular formula is C21H25FN4O3S.